The lowest BCUT2D eigenvalue weighted by Crippen LogP contribution is -2.39. The van der Waals surface area contributed by atoms with Crippen LogP contribution in [0, 0.1) is 5.92 Å². The van der Waals surface area contributed by atoms with Crippen molar-refractivity contribution in [1.29, 1.82) is 0 Å². The van der Waals surface area contributed by atoms with E-state index in [4.69, 9.17) is 0 Å². The third-order valence-corrected chi connectivity index (χ3v) is 5.54. The molecule has 22 heavy (non-hydrogen) atoms. The van der Waals surface area contributed by atoms with E-state index in [1.807, 2.05) is 18.2 Å². The van der Waals surface area contributed by atoms with E-state index in [2.05, 4.69) is 22.8 Å². The molecule has 0 radical (unpaired) electrons. The second-order valence-corrected chi connectivity index (χ2v) is 6.93. The average molecular weight is 300 g/mol. The summed E-state index contributed by atoms with van der Waals surface area (Å²) in [7, 11) is 0. The zero-order valence-corrected chi connectivity index (χ0v) is 13.9. The first kappa shape index (κ1) is 15.5. The molecule has 1 aromatic rings. The van der Waals surface area contributed by atoms with E-state index in [0.29, 0.717) is 6.04 Å². The summed E-state index contributed by atoms with van der Waals surface area (Å²) in [5.74, 6) is 1.02. The lowest BCUT2D eigenvalue weighted by atomic mass is 9.84. The SMILES string of the molecule is CC(=O)c1ccccc1N1CCN([C@H](C)C2CCCCC2)C1. The Morgan fingerprint density at radius 3 is 2.59 bits per heavy atom. The first-order valence-corrected chi connectivity index (χ1v) is 8.76. The van der Waals surface area contributed by atoms with Gasteiger partial charge in [0.1, 0.15) is 0 Å². The Hall–Kier alpha value is -1.35. The number of Topliss-reactive ketones (excluding diaryl/α,β-unsaturated/α-hetero) is 1. The fourth-order valence-electron chi connectivity index (χ4n) is 4.10. The Bertz CT molecular complexity index is 522. The molecule has 2 aliphatic rings. The van der Waals surface area contributed by atoms with Crippen LogP contribution < -0.4 is 4.90 Å². The predicted octanol–water partition coefficient (Wildman–Crippen LogP) is 3.94. The number of hydrogen-bond acceptors (Lipinski definition) is 3. The summed E-state index contributed by atoms with van der Waals surface area (Å²) in [5.41, 5.74) is 1.96. The Labute approximate surface area is 134 Å². The molecule has 1 aromatic carbocycles. The Kier molecular flexibility index (Phi) is 4.82. The third kappa shape index (κ3) is 3.19. The monoisotopic (exact) mass is 300 g/mol. The average Bonchev–Trinajstić information content (AvgIpc) is 3.04. The highest BCUT2D eigenvalue weighted by Crippen LogP contribution is 2.31. The van der Waals surface area contributed by atoms with Gasteiger partial charge in [-0.3, -0.25) is 9.69 Å². The fourth-order valence-corrected chi connectivity index (χ4v) is 4.10. The predicted molar refractivity (Wildman–Crippen MR) is 91.4 cm³/mol. The maximum absolute atomic E-state index is 11.8. The number of benzene rings is 1. The topological polar surface area (TPSA) is 23.6 Å². The highest BCUT2D eigenvalue weighted by Gasteiger charge is 2.30. The normalized spacial score (nSPS) is 22.0. The highest BCUT2D eigenvalue weighted by atomic mass is 16.1. The van der Waals surface area contributed by atoms with E-state index >= 15 is 0 Å². The zero-order valence-electron chi connectivity index (χ0n) is 13.9. The van der Waals surface area contributed by atoms with Gasteiger partial charge < -0.3 is 4.90 Å². The van der Waals surface area contributed by atoms with Crippen molar-refractivity contribution < 1.29 is 4.79 Å². The summed E-state index contributed by atoms with van der Waals surface area (Å²) in [6, 6.07) is 8.69. The van der Waals surface area contributed by atoms with E-state index in [1.54, 1.807) is 6.92 Å². The summed E-state index contributed by atoms with van der Waals surface area (Å²) in [6.07, 6.45) is 7.00. The van der Waals surface area contributed by atoms with Crippen molar-refractivity contribution in [3.8, 4) is 0 Å². The summed E-state index contributed by atoms with van der Waals surface area (Å²) in [5, 5.41) is 0. The van der Waals surface area contributed by atoms with Crippen molar-refractivity contribution >= 4 is 11.5 Å². The van der Waals surface area contributed by atoms with Gasteiger partial charge in [0.2, 0.25) is 0 Å². The molecule has 1 atom stereocenters. The van der Waals surface area contributed by atoms with Crippen LogP contribution in [0.3, 0.4) is 0 Å². The van der Waals surface area contributed by atoms with Crippen LogP contribution in [0.4, 0.5) is 5.69 Å². The van der Waals surface area contributed by atoms with Gasteiger partial charge in [0.15, 0.2) is 5.78 Å². The number of carbonyl (C=O) groups excluding carboxylic acids is 1. The Morgan fingerprint density at radius 1 is 1.14 bits per heavy atom. The van der Waals surface area contributed by atoms with Crippen LogP contribution in [0.5, 0.6) is 0 Å². The van der Waals surface area contributed by atoms with E-state index in [9.17, 15) is 4.79 Å². The van der Waals surface area contributed by atoms with Crippen LogP contribution in [0.25, 0.3) is 0 Å². The number of nitrogens with zero attached hydrogens (tertiary/aromatic N) is 2. The van der Waals surface area contributed by atoms with Crippen molar-refractivity contribution in [2.75, 3.05) is 24.7 Å². The quantitative estimate of drug-likeness (QED) is 0.787. The zero-order chi connectivity index (χ0) is 15.5. The van der Waals surface area contributed by atoms with Gasteiger partial charge in [-0.1, -0.05) is 31.4 Å². The number of rotatable bonds is 4. The van der Waals surface area contributed by atoms with Crippen LogP contribution in [-0.4, -0.2) is 36.5 Å². The van der Waals surface area contributed by atoms with Crippen molar-refractivity contribution in [3.05, 3.63) is 29.8 Å². The summed E-state index contributed by atoms with van der Waals surface area (Å²) in [6.45, 7) is 7.17. The molecular weight excluding hydrogens is 272 g/mol. The lowest BCUT2D eigenvalue weighted by molar-refractivity contribution is 0.101. The fraction of sp³-hybridized carbons (Fsp3) is 0.632. The summed E-state index contributed by atoms with van der Waals surface area (Å²) in [4.78, 5) is 16.8. The molecule has 2 fully saturated rings. The lowest BCUT2D eigenvalue weighted by Gasteiger charge is -2.34. The molecule has 120 valence electrons. The molecule has 0 aromatic heterocycles. The number of hydrogen-bond donors (Lipinski definition) is 0. The van der Waals surface area contributed by atoms with Crippen LogP contribution in [-0.2, 0) is 0 Å². The van der Waals surface area contributed by atoms with Gasteiger partial charge in [0.05, 0.1) is 6.67 Å². The molecule has 0 bridgehead atoms. The summed E-state index contributed by atoms with van der Waals surface area (Å²) >= 11 is 0. The first-order chi connectivity index (χ1) is 10.7. The number of anilines is 1. The van der Waals surface area contributed by atoms with Crippen LogP contribution in [0.2, 0.25) is 0 Å². The van der Waals surface area contributed by atoms with Gasteiger partial charge in [-0.25, -0.2) is 0 Å². The van der Waals surface area contributed by atoms with Gasteiger partial charge in [-0.05, 0) is 44.7 Å². The van der Waals surface area contributed by atoms with Crippen molar-refractivity contribution in [1.82, 2.24) is 4.90 Å². The highest BCUT2D eigenvalue weighted by molar-refractivity contribution is 5.99. The van der Waals surface area contributed by atoms with Gasteiger partial charge in [-0.2, -0.15) is 0 Å². The molecule has 1 aliphatic heterocycles. The van der Waals surface area contributed by atoms with Gasteiger partial charge in [0.25, 0.3) is 0 Å². The molecule has 0 N–H and O–H groups in total. The molecular formula is C19H28N2O. The third-order valence-electron chi connectivity index (χ3n) is 5.54. The maximum Gasteiger partial charge on any atom is 0.161 e. The number of para-hydroxylation sites is 1. The minimum absolute atomic E-state index is 0.161. The molecule has 0 spiro atoms. The first-order valence-electron chi connectivity index (χ1n) is 8.76. The van der Waals surface area contributed by atoms with Crippen molar-refractivity contribution in [2.45, 2.75) is 52.0 Å². The van der Waals surface area contributed by atoms with Crippen molar-refractivity contribution in [2.24, 2.45) is 5.92 Å². The summed E-state index contributed by atoms with van der Waals surface area (Å²) < 4.78 is 0. The van der Waals surface area contributed by atoms with Gasteiger partial charge in [-0.15, -0.1) is 0 Å². The number of carbonyl (C=O) groups is 1. The van der Waals surface area contributed by atoms with E-state index < -0.39 is 0 Å². The second kappa shape index (κ2) is 6.82. The van der Waals surface area contributed by atoms with E-state index in [-0.39, 0.29) is 5.78 Å². The largest absolute Gasteiger partial charge is 0.357 e. The molecule has 1 saturated carbocycles. The molecule has 1 heterocycles. The molecule has 3 rings (SSSR count). The van der Waals surface area contributed by atoms with E-state index in [0.717, 1.165) is 36.9 Å². The maximum atomic E-state index is 11.8. The molecule has 0 unspecified atom stereocenters. The minimum Gasteiger partial charge on any atom is -0.357 e. The minimum atomic E-state index is 0.161. The standard InChI is InChI=1S/C19H28N2O/c1-15(17-8-4-3-5-9-17)20-12-13-21(14-20)19-11-7-6-10-18(19)16(2)22/h6-7,10-11,15,17H,3-5,8-9,12-14H2,1-2H3/t15-/m1/s1. The molecule has 0 amide bonds. The number of ketones is 1. The molecule has 3 heteroatoms. The smallest absolute Gasteiger partial charge is 0.161 e. The van der Waals surface area contributed by atoms with Gasteiger partial charge >= 0.3 is 0 Å². The molecule has 1 aliphatic carbocycles. The van der Waals surface area contributed by atoms with Gasteiger partial charge in [0, 0.05) is 30.4 Å². The molecule has 3 nitrogen and oxygen atoms in total. The van der Waals surface area contributed by atoms with Crippen LogP contribution in [0.1, 0.15) is 56.3 Å². The van der Waals surface area contributed by atoms with Crippen LogP contribution >= 0.6 is 0 Å². The second-order valence-electron chi connectivity index (χ2n) is 6.93. The van der Waals surface area contributed by atoms with Crippen LogP contribution in [0.15, 0.2) is 24.3 Å². The Balaban J connectivity index is 1.68. The van der Waals surface area contributed by atoms with Crippen molar-refractivity contribution in [3.63, 3.8) is 0 Å². The van der Waals surface area contributed by atoms with E-state index in [1.165, 1.54) is 32.1 Å². The molecule has 1 saturated heterocycles. The Morgan fingerprint density at radius 2 is 1.86 bits per heavy atom.